The van der Waals surface area contributed by atoms with E-state index in [2.05, 4.69) is 50.2 Å². The van der Waals surface area contributed by atoms with Crippen LogP contribution in [0.15, 0.2) is 11.4 Å². The van der Waals surface area contributed by atoms with Crippen LogP contribution in [0.1, 0.15) is 27.3 Å². The molecule has 0 bridgehead atoms. The molecule has 0 N–H and O–H groups in total. The molecular weight excluding hydrogens is 240 g/mol. The van der Waals surface area contributed by atoms with Gasteiger partial charge in [-0.05, 0) is 49.9 Å². The van der Waals surface area contributed by atoms with Crippen LogP contribution < -0.4 is 0 Å². The molecule has 0 aliphatic rings. The first kappa shape index (κ1) is 12.8. The van der Waals surface area contributed by atoms with Crippen LogP contribution in [0, 0.1) is 39.0 Å². The third-order valence-electron chi connectivity index (χ3n) is 3.40. The van der Waals surface area contributed by atoms with E-state index in [-0.39, 0.29) is 0 Å². The maximum atomic E-state index is 8.71. The molecule has 18 heavy (non-hydrogen) atoms. The van der Waals surface area contributed by atoms with Crippen LogP contribution in [-0.2, 0) is 6.42 Å². The summed E-state index contributed by atoms with van der Waals surface area (Å²) in [6.45, 7) is 8.54. The van der Waals surface area contributed by atoms with Gasteiger partial charge in [0.05, 0.1) is 18.2 Å². The predicted molar refractivity (Wildman–Crippen MR) is 75.8 cm³/mol. The lowest BCUT2D eigenvalue weighted by atomic mass is 9.93. The van der Waals surface area contributed by atoms with E-state index in [4.69, 9.17) is 5.26 Å². The Morgan fingerprint density at radius 3 is 2.33 bits per heavy atom. The first-order valence-corrected chi connectivity index (χ1v) is 6.81. The highest BCUT2D eigenvalue weighted by molar-refractivity contribution is 7.10. The minimum absolute atomic E-state index is 0.396. The molecule has 0 radical (unpaired) electrons. The maximum Gasteiger partial charge on any atom is 0.107 e. The molecule has 0 unspecified atom stereocenters. The number of nitrogens with zero attached hydrogens (tertiary/aromatic N) is 2. The van der Waals surface area contributed by atoms with Crippen LogP contribution >= 0.6 is 11.3 Å². The average molecular weight is 256 g/mol. The molecule has 0 atom stereocenters. The summed E-state index contributed by atoms with van der Waals surface area (Å²) in [6.07, 6.45) is 0.396. The molecule has 2 rings (SSSR count). The fraction of sp³-hybridized carbons (Fsp3) is 0.333. The highest BCUT2D eigenvalue weighted by atomic mass is 32.1. The lowest BCUT2D eigenvalue weighted by Crippen LogP contribution is -1.95. The van der Waals surface area contributed by atoms with E-state index in [0.29, 0.717) is 6.42 Å². The predicted octanol–water partition coefficient (Wildman–Crippen LogP) is 4.11. The van der Waals surface area contributed by atoms with E-state index < -0.39 is 0 Å². The highest BCUT2D eigenvalue weighted by Gasteiger charge is 2.13. The third-order valence-corrected chi connectivity index (χ3v) is 4.25. The molecule has 1 aromatic carbocycles. The highest BCUT2D eigenvalue weighted by Crippen LogP contribution is 2.32. The molecule has 2 nitrogen and oxygen atoms in total. The summed E-state index contributed by atoms with van der Waals surface area (Å²) in [7, 11) is 0. The number of hydrogen-bond acceptors (Lipinski definition) is 3. The summed E-state index contributed by atoms with van der Waals surface area (Å²) in [5.41, 5.74) is 7.39. The molecule has 0 fully saturated rings. The van der Waals surface area contributed by atoms with Crippen molar-refractivity contribution in [3.63, 3.8) is 0 Å². The van der Waals surface area contributed by atoms with Gasteiger partial charge >= 0.3 is 0 Å². The number of nitriles is 1. The van der Waals surface area contributed by atoms with Crippen LogP contribution in [0.2, 0.25) is 0 Å². The van der Waals surface area contributed by atoms with Gasteiger partial charge in [0.1, 0.15) is 5.01 Å². The molecule has 0 spiro atoms. The van der Waals surface area contributed by atoms with Gasteiger partial charge in [-0.3, -0.25) is 0 Å². The molecule has 1 aromatic heterocycles. The van der Waals surface area contributed by atoms with E-state index in [0.717, 1.165) is 10.7 Å². The number of rotatable bonds is 2. The summed E-state index contributed by atoms with van der Waals surface area (Å²) in [5, 5.41) is 11.7. The van der Waals surface area contributed by atoms with Crippen molar-refractivity contribution in [2.45, 2.75) is 34.1 Å². The fourth-order valence-corrected chi connectivity index (χ4v) is 2.89. The van der Waals surface area contributed by atoms with Crippen molar-refractivity contribution >= 4 is 11.3 Å². The largest absolute Gasteiger partial charge is 0.240 e. The molecule has 92 valence electrons. The molecule has 0 saturated heterocycles. The van der Waals surface area contributed by atoms with Crippen molar-refractivity contribution in [3.8, 4) is 17.3 Å². The maximum absolute atomic E-state index is 8.71. The first-order valence-electron chi connectivity index (χ1n) is 5.93. The van der Waals surface area contributed by atoms with E-state index in [1.165, 1.54) is 27.8 Å². The van der Waals surface area contributed by atoms with Crippen molar-refractivity contribution in [2.75, 3.05) is 0 Å². The summed E-state index contributed by atoms with van der Waals surface area (Å²) in [5.74, 6) is 0. The minimum atomic E-state index is 0.396. The van der Waals surface area contributed by atoms with Crippen molar-refractivity contribution in [2.24, 2.45) is 0 Å². The lowest BCUT2D eigenvalue weighted by Gasteiger charge is -2.13. The normalized spacial score (nSPS) is 10.4. The van der Waals surface area contributed by atoms with Crippen molar-refractivity contribution < 1.29 is 0 Å². The number of benzene rings is 1. The Balaban J connectivity index is 2.59. The van der Waals surface area contributed by atoms with Crippen LogP contribution in [-0.4, -0.2) is 4.98 Å². The van der Waals surface area contributed by atoms with Crippen LogP contribution in [0.3, 0.4) is 0 Å². The summed E-state index contributed by atoms with van der Waals surface area (Å²) in [4.78, 5) is 4.57. The van der Waals surface area contributed by atoms with Crippen molar-refractivity contribution in [3.05, 3.63) is 38.7 Å². The molecule has 0 amide bonds. The van der Waals surface area contributed by atoms with Gasteiger partial charge in [0.2, 0.25) is 0 Å². The monoisotopic (exact) mass is 256 g/mol. The smallest absolute Gasteiger partial charge is 0.107 e. The van der Waals surface area contributed by atoms with E-state index in [9.17, 15) is 0 Å². The zero-order valence-electron chi connectivity index (χ0n) is 11.2. The molecule has 0 aliphatic carbocycles. The van der Waals surface area contributed by atoms with Crippen LogP contribution in [0.25, 0.3) is 11.3 Å². The second-order valence-electron chi connectivity index (χ2n) is 4.60. The van der Waals surface area contributed by atoms with Gasteiger partial charge < -0.3 is 0 Å². The van der Waals surface area contributed by atoms with Gasteiger partial charge in [-0.15, -0.1) is 11.3 Å². The zero-order chi connectivity index (χ0) is 13.3. The standard InChI is InChI=1S/C15H16N2S/c1-9-7-10(2)12(4)15(11(9)3)13-8-18-14(17-13)5-6-16/h7-8H,5H2,1-4H3. The van der Waals surface area contributed by atoms with Crippen molar-refractivity contribution in [1.29, 1.82) is 5.26 Å². The first-order chi connectivity index (χ1) is 8.54. The van der Waals surface area contributed by atoms with E-state index in [1.807, 2.05) is 0 Å². The SMILES string of the molecule is Cc1cc(C)c(C)c(-c2csc(CC#N)n2)c1C. The Morgan fingerprint density at radius 1 is 1.17 bits per heavy atom. The molecule has 3 heteroatoms. The van der Waals surface area contributed by atoms with Gasteiger partial charge in [-0.2, -0.15) is 5.26 Å². The van der Waals surface area contributed by atoms with Gasteiger partial charge in [-0.25, -0.2) is 4.98 Å². The zero-order valence-corrected chi connectivity index (χ0v) is 12.0. The Kier molecular flexibility index (Phi) is 3.49. The molecule has 1 heterocycles. The quantitative estimate of drug-likeness (QED) is 0.810. The second kappa shape index (κ2) is 4.91. The lowest BCUT2D eigenvalue weighted by molar-refractivity contribution is 1.17. The summed E-state index contributed by atoms with van der Waals surface area (Å²) < 4.78 is 0. The number of aromatic nitrogens is 1. The average Bonchev–Trinajstić information content (AvgIpc) is 2.76. The van der Waals surface area contributed by atoms with Gasteiger partial charge in [0.15, 0.2) is 0 Å². The van der Waals surface area contributed by atoms with Crippen molar-refractivity contribution in [1.82, 2.24) is 4.98 Å². The Morgan fingerprint density at radius 2 is 1.78 bits per heavy atom. The number of aryl methyl sites for hydroxylation is 2. The van der Waals surface area contributed by atoms with Crippen LogP contribution in [0.4, 0.5) is 0 Å². The Labute approximate surface area is 112 Å². The molecular formula is C15H16N2S. The van der Waals surface area contributed by atoms with E-state index in [1.54, 1.807) is 11.3 Å². The topological polar surface area (TPSA) is 36.7 Å². The molecule has 0 aliphatic heterocycles. The van der Waals surface area contributed by atoms with Crippen LogP contribution in [0.5, 0.6) is 0 Å². The third kappa shape index (κ3) is 2.16. The second-order valence-corrected chi connectivity index (χ2v) is 5.54. The molecule has 2 aromatic rings. The Hall–Kier alpha value is -1.66. The number of thiazole rings is 1. The molecule has 0 saturated carbocycles. The minimum Gasteiger partial charge on any atom is -0.240 e. The number of hydrogen-bond donors (Lipinski definition) is 0. The summed E-state index contributed by atoms with van der Waals surface area (Å²) >= 11 is 1.56. The van der Waals surface area contributed by atoms with Gasteiger partial charge in [0, 0.05) is 10.9 Å². The Bertz CT molecular complexity index is 606. The van der Waals surface area contributed by atoms with Gasteiger partial charge in [-0.1, -0.05) is 6.07 Å². The fourth-order valence-electron chi connectivity index (χ4n) is 2.18. The van der Waals surface area contributed by atoms with E-state index >= 15 is 0 Å². The van der Waals surface area contributed by atoms with Gasteiger partial charge in [0.25, 0.3) is 0 Å². The summed E-state index contributed by atoms with van der Waals surface area (Å²) in [6, 6.07) is 4.37.